The van der Waals surface area contributed by atoms with Crippen molar-refractivity contribution in [3.8, 4) is 0 Å². The minimum atomic E-state index is -0.524. The van der Waals surface area contributed by atoms with Gasteiger partial charge >= 0.3 is 0 Å². The molecule has 0 aliphatic carbocycles. The Hall–Kier alpha value is -2.70. The molecule has 2 aliphatic heterocycles. The van der Waals surface area contributed by atoms with E-state index in [2.05, 4.69) is 73.0 Å². The van der Waals surface area contributed by atoms with Crippen molar-refractivity contribution in [2.45, 2.75) is 63.7 Å². The lowest BCUT2D eigenvalue weighted by Crippen LogP contribution is -2.54. The number of hydrogen-bond acceptors (Lipinski definition) is 4. The Kier molecular flexibility index (Phi) is 7.69. The first-order valence-electron chi connectivity index (χ1n) is 12.5. The standard InChI is InChI=1S/C28H38N4O2/c1-19(30-27(33)26-17-22-9-5-6-10-23(22)18-29-26)28(34)32-15-13-21(14-16-32)25-12-8-7-11-24(25)20(2)31(3)4/h5-12,19-21,26,29H,13-18H2,1-4H3,(H,30,33)/t19-,20?,26+/m1/s1. The molecule has 2 aromatic rings. The number of rotatable bonds is 6. The summed E-state index contributed by atoms with van der Waals surface area (Å²) in [5.41, 5.74) is 5.21. The molecule has 6 nitrogen and oxygen atoms in total. The summed E-state index contributed by atoms with van der Waals surface area (Å²) in [4.78, 5) is 30.1. The molecule has 0 saturated carbocycles. The van der Waals surface area contributed by atoms with Gasteiger partial charge < -0.3 is 20.4 Å². The number of amides is 2. The molecule has 0 aromatic heterocycles. The number of likely N-dealkylation sites (tertiary alicyclic amines) is 1. The first-order valence-corrected chi connectivity index (χ1v) is 12.5. The van der Waals surface area contributed by atoms with E-state index in [9.17, 15) is 9.59 Å². The summed E-state index contributed by atoms with van der Waals surface area (Å²) in [7, 11) is 4.22. The maximum Gasteiger partial charge on any atom is 0.244 e. The van der Waals surface area contributed by atoms with Gasteiger partial charge in [0.15, 0.2) is 0 Å². The molecule has 3 atom stereocenters. The maximum absolute atomic E-state index is 13.1. The average molecular weight is 463 g/mol. The highest BCUT2D eigenvalue weighted by Crippen LogP contribution is 2.34. The van der Waals surface area contributed by atoms with Gasteiger partial charge in [-0.15, -0.1) is 0 Å². The highest BCUT2D eigenvalue weighted by molar-refractivity contribution is 5.89. The van der Waals surface area contributed by atoms with Crippen LogP contribution in [-0.2, 0) is 22.6 Å². The van der Waals surface area contributed by atoms with Crippen LogP contribution in [0.25, 0.3) is 0 Å². The van der Waals surface area contributed by atoms with Crippen LogP contribution in [0.3, 0.4) is 0 Å². The SMILES string of the molecule is CC(c1ccccc1C1CCN(C(=O)[C@@H](C)NC(=O)[C@@H]2Cc3ccccc3CN2)CC1)N(C)C. The summed E-state index contributed by atoms with van der Waals surface area (Å²) < 4.78 is 0. The van der Waals surface area contributed by atoms with Crippen molar-refractivity contribution < 1.29 is 9.59 Å². The molecule has 1 unspecified atom stereocenters. The van der Waals surface area contributed by atoms with Crippen LogP contribution in [0.5, 0.6) is 0 Å². The van der Waals surface area contributed by atoms with Gasteiger partial charge in [-0.1, -0.05) is 48.5 Å². The number of fused-ring (bicyclic) bond motifs is 1. The van der Waals surface area contributed by atoms with Crippen LogP contribution >= 0.6 is 0 Å². The molecule has 182 valence electrons. The molecule has 34 heavy (non-hydrogen) atoms. The molecule has 2 aromatic carbocycles. The van der Waals surface area contributed by atoms with Gasteiger partial charge in [0.1, 0.15) is 6.04 Å². The third kappa shape index (κ3) is 5.34. The Bertz CT molecular complexity index is 1010. The number of nitrogens with one attached hydrogen (secondary N) is 2. The van der Waals surface area contributed by atoms with Crippen LogP contribution in [0.15, 0.2) is 48.5 Å². The molecule has 4 rings (SSSR count). The van der Waals surface area contributed by atoms with Gasteiger partial charge in [-0.2, -0.15) is 0 Å². The summed E-state index contributed by atoms with van der Waals surface area (Å²) in [6.07, 6.45) is 2.55. The smallest absolute Gasteiger partial charge is 0.244 e. The first-order chi connectivity index (χ1) is 16.3. The van der Waals surface area contributed by atoms with Crippen molar-refractivity contribution in [3.63, 3.8) is 0 Å². The number of benzene rings is 2. The average Bonchev–Trinajstić information content (AvgIpc) is 2.87. The molecule has 0 bridgehead atoms. The number of hydrogen-bond donors (Lipinski definition) is 2. The maximum atomic E-state index is 13.1. The first kappa shape index (κ1) is 24.4. The molecule has 2 amide bonds. The lowest BCUT2D eigenvalue weighted by Gasteiger charge is -2.36. The van der Waals surface area contributed by atoms with Crippen molar-refractivity contribution >= 4 is 11.8 Å². The van der Waals surface area contributed by atoms with E-state index in [4.69, 9.17) is 0 Å². The van der Waals surface area contributed by atoms with Gasteiger partial charge in [0.05, 0.1) is 6.04 Å². The van der Waals surface area contributed by atoms with Crippen molar-refractivity contribution in [2.24, 2.45) is 0 Å². The quantitative estimate of drug-likeness (QED) is 0.692. The number of nitrogens with zero attached hydrogens (tertiary/aromatic N) is 2. The minimum Gasteiger partial charge on any atom is -0.343 e. The van der Waals surface area contributed by atoms with Gasteiger partial charge in [0.25, 0.3) is 0 Å². The third-order valence-corrected chi connectivity index (χ3v) is 7.59. The monoisotopic (exact) mass is 462 g/mol. The summed E-state index contributed by atoms with van der Waals surface area (Å²) in [6, 6.07) is 16.4. The van der Waals surface area contributed by atoms with Gasteiger partial charge in [0, 0.05) is 25.7 Å². The molecule has 2 heterocycles. The number of piperidine rings is 1. The van der Waals surface area contributed by atoms with E-state index in [1.165, 1.54) is 22.3 Å². The van der Waals surface area contributed by atoms with E-state index < -0.39 is 6.04 Å². The predicted octanol–water partition coefficient (Wildman–Crippen LogP) is 3.23. The van der Waals surface area contributed by atoms with Crippen LogP contribution in [0.1, 0.15) is 60.9 Å². The fourth-order valence-corrected chi connectivity index (χ4v) is 5.24. The fourth-order valence-electron chi connectivity index (χ4n) is 5.24. The summed E-state index contributed by atoms with van der Waals surface area (Å²) >= 11 is 0. The summed E-state index contributed by atoms with van der Waals surface area (Å²) in [5.74, 6) is 0.369. The highest BCUT2D eigenvalue weighted by atomic mass is 16.2. The second-order valence-corrected chi connectivity index (χ2v) is 10.0. The van der Waals surface area contributed by atoms with E-state index in [0.717, 1.165) is 25.9 Å². The molecule has 2 N–H and O–H groups in total. The molecule has 0 spiro atoms. The zero-order chi connectivity index (χ0) is 24.2. The predicted molar refractivity (Wildman–Crippen MR) is 135 cm³/mol. The molecule has 2 aliphatic rings. The van der Waals surface area contributed by atoms with Crippen molar-refractivity contribution in [1.82, 2.24) is 20.4 Å². The molecule has 0 radical (unpaired) electrons. The van der Waals surface area contributed by atoms with Crippen molar-refractivity contribution in [1.29, 1.82) is 0 Å². The Morgan fingerprint density at radius 3 is 2.35 bits per heavy atom. The van der Waals surface area contributed by atoms with Crippen LogP contribution in [0.4, 0.5) is 0 Å². The van der Waals surface area contributed by atoms with E-state index in [0.29, 0.717) is 24.9 Å². The second kappa shape index (κ2) is 10.7. The Morgan fingerprint density at radius 1 is 1.00 bits per heavy atom. The van der Waals surface area contributed by atoms with Crippen molar-refractivity contribution in [3.05, 3.63) is 70.8 Å². The van der Waals surface area contributed by atoms with Crippen LogP contribution in [0.2, 0.25) is 0 Å². The molecular weight excluding hydrogens is 424 g/mol. The van der Waals surface area contributed by atoms with E-state index >= 15 is 0 Å². The lowest BCUT2D eigenvalue weighted by molar-refractivity contribution is -0.137. The Labute approximate surface area is 203 Å². The highest BCUT2D eigenvalue weighted by Gasteiger charge is 2.31. The fraction of sp³-hybridized carbons (Fsp3) is 0.500. The lowest BCUT2D eigenvalue weighted by atomic mass is 9.84. The third-order valence-electron chi connectivity index (χ3n) is 7.59. The van der Waals surface area contributed by atoms with Gasteiger partial charge in [-0.05, 0) is 75.4 Å². The Balaban J connectivity index is 1.31. The van der Waals surface area contributed by atoms with Crippen LogP contribution < -0.4 is 10.6 Å². The van der Waals surface area contributed by atoms with E-state index in [-0.39, 0.29) is 17.9 Å². The van der Waals surface area contributed by atoms with Gasteiger partial charge in [-0.25, -0.2) is 0 Å². The topological polar surface area (TPSA) is 64.7 Å². The van der Waals surface area contributed by atoms with E-state index in [1.54, 1.807) is 6.92 Å². The Morgan fingerprint density at radius 2 is 1.65 bits per heavy atom. The minimum absolute atomic E-state index is 0.0120. The largest absolute Gasteiger partial charge is 0.343 e. The van der Waals surface area contributed by atoms with Crippen LogP contribution in [-0.4, -0.2) is 60.9 Å². The summed E-state index contributed by atoms with van der Waals surface area (Å²) in [5, 5.41) is 6.26. The number of carbonyl (C=O) groups is 2. The zero-order valence-corrected chi connectivity index (χ0v) is 20.9. The molecule has 1 saturated heterocycles. The number of carbonyl (C=O) groups excluding carboxylic acids is 2. The van der Waals surface area contributed by atoms with Crippen LogP contribution in [0, 0.1) is 0 Å². The normalized spacial score (nSPS) is 20.5. The van der Waals surface area contributed by atoms with Gasteiger partial charge in [-0.3, -0.25) is 9.59 Å². The molecule has 6 heteroatoms. The molecule has 1 fully saturated rings. The zero-order valence-electron chi connectivity index (χ0n) is 20.9. The van der Waals surface area contributed by atoms with E-state index in [1.807, 2.05) is 17.0 Å². The molecular formula is C28H38N4O2. The second-order valence-electron chi connectivity index (χ2n) is 10.0. The van der Waals surface area contributed by atoms with Gasteiger partial charge in [0.2, 0.25) is 11.8 Å². The summed E-state index contributed by atoms with van der Waals surface area (Å²) in [6.45, 7) is 6.17. The van der Waals surface area contributed by atoms with Crippen molar-refractivity contribution in [2.75, 3.05) is 27.2 Å².